The van der Waals surface area contributed by atoms with E-state index in [1.165, 1.54) is 11.8 Å². The highest BCUT2D eigenvalue weighted by molar-refractivity contribution is 5.92. The summed E-state index contributed by atoms with van der Waals surface area (Å²) < 4.78 is 0. The number of nitrogens with one attached hydrogen (secondary N) is 1. The molecule has 1 aromatic heterocycles. The number of anilines is 1. The average molecular weight is 269 g/mol. The van der Waals surface area contributed by atoms with Gasteiger partial charge in [-0.3, -0.25) is 4.79 Å². The van der Waals surface area contributed by atoms with E-state index in [-0.39, 0.29) is 11.9 Å². The molecule has 0 saturated heterocycles. The summed E-state index contributed by atoms with van der Waals surface area (Å²) in [5.41, 5.74) is 7.77. The zero-order valence-corrected chi connectivity index (χ0v) is 11.5. The summed E-state index contributed by atoms with van der Waals surface area (Å²) >= 11 is 0. The van der Waals surface area contributed by atoms with Crippen LogP contribution < -0.4 is 11.1 Å². The fourth-order valence-electron chi connectivity index (χ4n) is 1.94. The standard InChI is InChI=1S/C16H19N3O/c1-12(7-8-13-5-3-2-4-6-13)19-16(20)15-10-9-14(17)11-18-15/h2-6,9-12H,7-8,17H2,1H3,(H,19,20). The number of aromatic nitrogens is 1. The Bertz CT molecular complexity index is 552. The van der Waals surface area contributed by atoms with Gasteiger partial charge in [-0.15, -0.1) is 0 Å². The Labute approximate surface area is 119 Å². The van der Waals surface area contributed by atoms with Gasteiger partial charge in [0.25, 0.3) is 5.91 Å². The lowest BCUT2D eigenvalue weighted by Gasteiger charge is -2.13. The van der Waals surface area contributed by atoms with Gasteiger partial charge >= 0.3 is 0 Å². The van der Waals surface area contributed by atoms with Gasteiger partial charge in [-0.2, -0.15) is 0 Å². The number of pyridine rings is 1. The highest BCUT2D eigenvalue weighted by Gasteiger charge is 2.10. The lowest BCUT2D eigenvalue weighted by molar-refractivity contribution is 0.0933. The third-order valence-corrected chi connectivity index (χ3v) is 3.11. The van der Waals surface area contributed by atoms with Crippen LogP contribution >= 0.6 is 0 Å². The van der Waals surface area contributed by atoms with Gasteiger partial charge in [-0.25, -0.2) is 4.98 Å². The van der Waals surface area contributed by atoms with Crippen LogP contribution in [0.4, 0.5) is 5.69 Å². The number of carbonyl (C=O) groups excluding carboxylic acids is 1. The molecule has 1 aromatic carbocycles. The van der Waals surface area contributed by atoms with Crippen molar-refractivity contribution in [2.24, 2.45) is 0 Å². The lowest BCUT2D eigenvalue weighted by Crippen LogP contribution is -2.33. The Kier molecular flexibility index (Phi) is 4.71. The lowest BCUT2D eigenvalue weighted by atomic mass is 10.1. The van der Waals surface area contributed by atoms with E-state index >= 15 is 0 Å². The van der Waals surface area contributed by atoms with E-state index in [1.807, 2.05) is 25.1 Å². The number of rotatable bonds is 5. The van der Waals surface area contributed by atoms with E-state index in [2.05, 4.69) is 22.4 Å². The smallest absolute Gasteiger partial charge is 0.270 e. The minimum atomic E-state index is -0.162. The number of amides is 1. The van der Waals surface area contributed by atoms with Crippen LogP contribution in [0.3, 0.4) is 0 Å². The fourth-order valence-corrected chi connectivity index (χ4v) is 1.94. The minimum absolute atomic E-state index is 0.0991. The summed E-state index contributed by atoms with van der Waals surface area (Å²) in [4.78, 5) is 16.0. The zero-order valence-electron chi connectivity index (χ0n) is 11.5. The van der Waals surface area contributed by atoms with Gasteiger partial charge in [0.15, 0.2) is 0 Å². The Hall–Kier alpha value is -2.36. The molecule has 0 aliphatic heterocycles. The normalized spacial score (nSPS) is 11.8. The van der Waals surface area contributed by atoms with Crippen molar-refractivity contribution in [1.82, 2.24) is 10.3 Å². The van der Waals surface area contributed by atoms with Crippen LogP contribution in [0.1, 0.15) is 29.4 Å². The number of carbonyl (C=O) groups is 1. The monoisotopic (exact) mass is 269 g/mol. The van der Waals surface area contributed by atoms with Gasteiger partial charge in [-0.1, -0.05) is 30.3 Å². The maximum atomic E-state index is 12.0. The first-order valence-electron chi connectivity index (χ1n) is 6.71. The van der Waals surface area contributed by atoms with Crippen LogP contribution in [0.25, 0.3) is 0 Å². The second-order valence-electron chi connectivity index (χ2n) is 4.88. The molecule has 1 amide bonds. The maximum Gasteiger partial charge on any atom is 0.270 e. The number of hydrogen-bond acceptors (Lipinski definition) is 3. The second kappa shape index (κ2) is 6.70. The van der Waals surface area contributed by atoms with E-state index in [1.54, 1.807) is 12.1 Å². The molecule has 2 rings (SSSR count). The average Bonchev–Trinajstić information content (AvgIpc) is 2.47. The highest BCUT2D eigenvalue weighted by Crippen LogP contribution is 2.06. The van der Waals surface area contributed by atoms with E-state index in [0.29, 0.717) is 11.4 Å². The first-order valence-corrected chi connectivity index (χ1v) is 6.71. The number of nitrogen functional groups attached to an aromatic ring is 1. The summed E-state index contributed by atoms with van der Waals surface area (Å²) in [6.07, 6.45) is 3.33. The van der Waals surface area contributed by atoms with Crippen molar-refractivity contribution in [3.05, 3.63) is 59.9 Å². The molecule has 4 nitrogen and oxygen atoms in total. The molecule has 1 atom stereocenters. The number of aryl methyl sites for hydroxylation is 1. The number of nitrogens with zero attached hydrogens (tertiary/aromatic N) is 1. The molecule has 4 heteroatoms. The van der Waals surface area contributed by atoms with Gasteiger partial charge in [0.2, 0.25) is 0 Å². The first-order chi connectivity index (χ1) is 9.65. The van der Waals surface area contributed by atoms with Gasteiger partial charge in [0.05, 0.1) is 11.9 Å². The van der Waals surface area contributed by atoms with Crippen molar-refractivity contribution in [3.63, 3.8) is 0 Å². The van der Waals surface area contributed by atoms with E-state index in [9.17, 15) is 4.79 Å². The fraction of sp³-hybridized carbons (Fsp3) is 0.250. The van der Waals surface area contributed by atoms with Crippen molar-refractivity contribution in [3.8, 4) is 0 Å². The summed E-state index contributed by atoms with van der Waals surface area (Å²) in [7, 11) is 0. The molecule has 2 aromatic rings. The summed E-state index contributed by atoms with van der Waals surface area (Å²) in [5.74, 6) is -0.162. The Morgan fingerprint density at radius 3 is 2.65 bits per heavy atom. The first kappa shape index (κ1) is 14.1. The van der Waals surface area contributed by atoms with Gasteiger partial charge in [0.1, 0.15) is 5.69 Å². The SMILES string of the molecule is CC(CCc1ccccc1)NC(=O)c1ccc(N)cn1. The van der Waals surface area contributed by atoms with Crippen LogP contribution in [0.2, 0.25) is 0 Å². The quantitative estimate of drug-likeness (QED) is 0.876. The van der Waals surface area contributed by atoms with E-state index in [0.717, 1.165) is 12.8 Å². The Morgan fingerprint density at radius 1 is 1.25 bits per heavy atom. The van der Waals surface area contributed by atoms with Crippen LogP contribution in [-0.4, -0.2) is 16.9 Å². The molecule has 0 saturated carbocycles. The predicted octanol–water partition coefficient (Wildman–Crippen LogP) is 2.41. The molecule has 0 radical (unpaired) electrons. The van der Waals surface area contributed by atoms with Gasteiger partial charge in [-0.05, 0) is 37.5 Å². The van der Waals surface area contributed by atoms with Crippen LogP contribution in [0.5, 0.6) is 0 Å². The molecular formula is C16H19N3O. The molecule has 0 fully saturated rings. The van der Waals surface area contributed by atoms with Crippen LogP contribution in [-0.2, 0) is 6.42 Å². The number of hydrogen-bond donors (Lipinski definition) is 2. The van der Waals surface area contributed by atoms with Crippen molar-refractivity contribution in [1.29, 1.82) is 0 Å². The summed E-state index contributed by atoms with van der Waals surface area (Å²) in [5, 5.41) is 2.94. The summed E-state index contributed by atoms with van der Waals surface area (Å²) in [6.45, 7) is 2.00. The third-order valence-electron chi connectivity index (χ3n) is 3.11. The number of benzene rings is 1. The molecule has 104 valence electrons. The second-order valence-corrected chi connectivity index (χ2v) is 4.88. The molecule has 0 bridgehead atoms. The van der Waals surface area contributed by atoms with Crippen molar-refractivity contribution >= 4 is 11.6 Å². The van der Waals surface area contributed by atoms with E-state index < -0.39 is 0 Å². The topological polar surface area (TPSA) is 68.0 Å². The van der Waals surface area contributed by atoms with Crippen LogP contribution in [0.15, 0.2) is 48.7 Å². The molecule has 1 unspecified atom stereocenters. The predicted molar refractivity (Wildman–Crippen MR) is 80.3 cm³/mol. The molecule has 1 heterocycles. The molecule has 3 N–H and O–H groups in total. The molecule has 0 spiro atoms. The van der Waals surface area contributed by atoms with Gasteiger partial charge in [0, 0.05) is 6.04 Å². The van der Waals surface area contributed by atoms with E-state index in [4.69, 9.17) is 5.73 Å². The molecular weight excluding hydrogens is 250 g/mol. The summed E-state index contributed by atoms with van der Waals surface area (Å²) in [6, 6.07) is 13.6. The van der Waals surface area contributed by atoms with Crippen molar-refractivity contribution in [2.75, 3.05) is 5.73 Å². The zero-order chi connectivity index (χ0) is 14.4. The Balaban J connectivity index is 1.83. The maximum absolute atomic E-state index is 12.0. The molecule has 0 aliphatic carbocycles. The highest BCUT2D eigenvalue weighted by atomic mass is 16.1. The minimum Gasteiger partial charge on any atom is -0.397 e. The van der Waals surface area contributed by atoms with Crippen molar-refractivity contribution in [2.45, 2.75) is 25.8 Å². The third kappa shape index (κ3) is 4.09. The number of nitrogens with two attached hydrogens (primary N) is 1. The molecule has 0 aliphatic rings. The van der Waals surface area contributed by atoms with Crippen molar-refractivity contribution < 1.29 is 4.79 Å². The largest absolute Gasteiger partial charge is 0.397 e. The van der Waals surface area contributed by atoms with Gasteiger partial charge < -0.3 is 11.1 Å². The van der Waals surface area contributed by atoms with Crippen LogP contribution in [0, 0.1) is 0 Å². The molecule has 20 heavy (non-hydrogen) atoms. The Morgan fingerprint density at radius 2 is 2.00 bits per heavy atom.